The minimum absolute atomic E-state index is 0.568. The van der Waals surface area contributed by atoms with Gasteiger partial charge in [-0.25, -0.2) is 4.98 Å². The van der Waals surface area contributed by atoms with E-state index in [0.717, 1.165) is 60.8 Å². The maximum atomic E-state index is 5.13. The topological polar surface area (TPSA) is 61.4 Å². The summed E-state index contributed by atoms with van der Waals surface area (Å²) in [6.07, 6.45) is 3.96. The monoisotopic (exact) mass is 640 g/mol. The van der Waals surface area contributed by atoms with E-state index in [4.69, 9.17) is 19.9 Å². The number of para-hydroxylation sites is 3. The summed E-state index contributed by atoms with van der Waals surface area (Å²) < 4.78 is 4.48. The van der Waals surface area contributed by atoms with Gasteiger partial charge in [-0.1, -0.05) is 127 Å². The molecule has 0 spiro atoms. The van der Waals surface area contributed by atoms with Crippen molar-refractivity contribution in [3.8, 4) is 45.5 Å². The molecule has 6 aromatic carbocycles. The standard InChI is InChI=1S/C44H28N6/c1-4-14-29(15-5-1)42-46-43(30-16-6-2-7-17-30)48-44(47-42)50-37-22-12-10-20-33(37)34-25-24-31(26-39(34)50)36-27-45-28-40-41(36)35-21-11-13-23-38(35)49(40)32-18-8-3-9-19-32/h1-28H. The van der Waals surface area contributed by atoms with Gasteiger partial charge in [0.2, 0.25) is 5.95 Å². The van der Waals surface area contributed by atoms with E-state index >= 15 is 0 Å². The lowest BCUT2D eigenvalue weighted by Gasteiger charge is -2.11. The van der Waals surface area contributed by atoms with Gasteiger partial charge in [0.05, 0.1) is 28.3 Å². The third-order valence-corrected chi connectivity index (χ3v) is 9.47. The predicted molar refractivity (Wildman–Crippen MR) is 203 cm³/mol. The van der Waals surface area contributed by atoms with Gasteiger partial charge in [-0.2, -0.15) is 9.97 Å². The van der Waals surface area contributed by atoms with Gasteiger partial charge in [-0.3, -0.25) is 9.55 Å². The Bertz CT molecular complexity index is 2800. The molecule has 0 N–H and O–H groups in total. The zero-order chi connectivity index (χ0) is 33.0. The molecule has 6 heteroatoms. The molecule has 10 aromatic rings. The van der Waals surface area contributed by atoms with E-state index < -0.39 is 0 Å². The second kappa shape index (κ2) is 11.4. The van der Waals surface area contributed by atoms with Crippen molar-refractivity contribution < 1.29 is 0 Å². The Morgan fingerprint density at radius 3 is 1.62 bits per heavy atom. The van der Waals surface area contributed by atoms with Crippen LogP contribution in [0.5, 0.6) is 0 Å². The van der Waals surface area contributed by atoms with E-state index in [-0.39, 0.29) is 0 Å². The molecule has 0 aliphatic heterocycles. The smallest absolute Gasteiger partial charge is 0.238 e. The van der Waals surface area contributed by atoms with E-state index in [2.05, 4.69) is 100 Å². The molecule has 4 aromatic heterocycles. The molecule has 0 bridgehead atoms. The van der Waals surface area contributed by atoms with Crippen molar-refractivity contribution in [1.82, 2.24) is 29.1 Å². The van der Waals surface area contributed by atoms with E-state index in [0.29, 0.717) is 17.6 Å². The van der Waals surface area contributed by atoms with Gasteiger partial charge in [0, 0.05) is 50.1 Å². The van der Waals surface area contributed by atoms with Crippen LogP contribution in [-0.2, 0) is 0 Å². The third-order valence-electron chi connectivity index (χ3n) is 9.47. The molecule has 0 aliphatic carbocycles. The Morgan fingerprint density at radius 2 is 0.940 bits per heavy atom. The molecule has 0 radical (unpaired) electrons. The Kier molecular flexibility index (Phi) is 6.39. The first-order valence-corrected chi connectivity index (χ1v) is 16.7. The van der Waals surface area contributed by atoms with Gasteiger partial charge < -0.3 is 4.57 Å². The van der Waals surface area contributed by atoms with E-state index in [1.165, 1.54) is 10.8 Å². The van der Waals surface area contributed by atoms with Crippen LogP contribution in [0.1, 0.15) is 0 Å². The van der Waals surface area contributed by atoms with Crippen molar-refractivity contribution in [1.29, 1.82) is 0 Å². The van der Waals surface area contributed by atoms with Gasteiger partial charge >= 0.3 is 0 Å². The average molecular weight is 641 g/mol. The molecular formula is C44H28N6. The highest BCUT2D eigenvalue weighted by Gasteiger charge is 2.20. The lowest BCUT2D eigenvalue weighted by atomic mass is 10.0. The molecule has 234 valence electrons. The molecule has 0 atom stereocenters. The molecule has 4 heterocycles. The van der Waals surface area contributed by atoms with Crippen molar-refractivity contribution in [3.63, 3.8) is 0 Å². The lowest BCUT2D eigenvalue weighted by molar-refractivity contribution is 0.953. The van der Waals surface area contributed by atoms with Crippen LogP contribution in [-0.4, -0.2) is 29.1 Å². The summed E-state index contributed by atoms with van der Waals surface area (Å²) in [5, 5.41) is 4.61. The molecule has 0 saturated heterocycles. The second-order valence-corrected chi connectivity index (χ2v) is 12.4. The highest BCUT2D eigenvalue weighted by atomic mass is 15.2. The maximum Gasteiger partial charge on any atom is 0.238 e. The van der Waals surface area contributed by atoms with Gasteiger partial charge in [0.25, 0.3) is 0 Å². The largest absolute Gasteiger partial charge is 0.308 e. The van der Waals surface area contributed by atoms with Crippen LogP contribution in [0.25, 0.3) is 89.2 Å². The van der Waals surface area contributed by atoms with Crippen molar-refractivity contribution >= 4 is 43.6 Å². The summed E-state index contributed by atoms with van der Waals surface area (Å²) in [6.45, 7) is 0. The SMILES string of the molecule is c1ccc(-c2nc(-c3ccccc3)nc(-n3c4ccccc4c4ccc(-c5cncc6c5c5ccccc5n6-c5ccccc5)cc43)n2)cc1. The van der Waals surface area contributed by atoms with Crippen molar-refractivity contribution in [2.24, 2.45) is 0 Å². The van der Waals surface area contributed by atoms with Gasteiger partial charge in [-0.05, 0) is 35.9 Å². The lowest BCUT2D eigenvalue weighted by Crippen LogP contribution is -2.06. The molecular weight excluding hydrogens is 613 g/mol. The third kappa shape index (κ3) is 4.43. The number of benzene rings is 6. The molecule has 10 rings (SSSR count). The minimum Gasteiger partial charge on any atom is -0.308 e. The zero-order valence-electron chi connectivity index (χ0n) is 26.8. The van der Waals surface area contributed by atoms with Crippen LogP contribution in [0.3, 0.4) is 0 Å². The molecule has 50 heavy (non-hydrogen) atoms. The molecule has 6 nitrogen and oxygen atoms in total. The Morgan fingerprint density at radius 1 is 0.380 bits per heavy atom. The van der Waals surface area contributed by atoms with Crippen LogP contribution in [0.4, 0.5) is 0 Å². The van der Waals surface area contributed by atoms with E-state index in [1.807, 2.05) is 79.1 Å². The summed E-state index contributed by atoms with van der Waals surface area (Å²) in [5.41, 5.74) is 9.35. The summed E-state index contributed by atoms with van der Waals surface area (Å²) in [4.78, 5) is 20.0. The van der Waals surface area contributed by atoms with Crippen molar-refractivity contribution in [2.45, 2.75) is 0 Å². The van der Waals surface area contributed by atoms with E-state index in [9.17, 15) is 0 Å². The molecule has 0 saturated carbocycles. The van der Waals surface area contributed by atoms with E-state index in [1.54, 1.807) is 0 Å². The summed E-state index contributed by atoms with van der Waals surface area (Å²) in [6, 6.07) is 54.4. The number of pyridine rings is 1. The second-order valence-electron chi connectivity index (χ2n) is 12.4. The highest BCUT2D eigenvalue weighted by Crippen LogP contribution is 2.40. The fraction of sp³-hybridized carbons (Fsp3) is 0. The fourth-order valence-electron chi connectivity index (χ4n) is 7.24. The fourth-order valence-corrected chi connectivity index (χ4v) is 7.24. The van der Waals surface area contributed by atoms with Crippen molar-refractivity contribution in [3.05, 3.63) is 170 Å². The van der Waals surface area contributed by atoms with Gasteiger partial charge in [-0.15, -0.1) is 0 Å². The first kappa shape index (κ1) is 28.1. The number of rotatable bonds is 5. The van der Waals surface area contributed by atoms with Crippen LogP contribution < -0.4 is 0 Å². The van der Waals surface area contributed by atoms with Crippen LogP contribution in [0.15, 0.2) is 170 Å². The predicted octanol–water partition coefficient (Wildman–Crippen LogP) is 10.5. The first-order valence-electron chi connectivity index (χ1n) is 16.7. The van der Waals surface area contributed by atoms with Crippen LogP contribution in [0, 0.1) is 0 Å². The highest BCUT2D eigenvalue weighted by molar-refractivity contribution is 6.16. The molecule has 0 aliphatic rings. The summed E-state index contributed by atoms with van der Waals surface area (Å²) in [7, 11) is 0. The van der Waals surface area contributed by atoms with Crippen molar-refractivity contribution in [2.75, 3.05) is 0 Å². The van der Waals surface area contributed by atoms with Crippen LogP contribution >= 0.6 is 0 Å². The zero-order valence-corrected chi connectivity index (χ0v) is 26.8. The summed E-state index contributed by atoms with van der Waals surface area (Å²) in [5.74, 6) is 1.82. The Labute approximate surface area is 287 Å². The Balaban J connectivity index is 1.25. The maximum absolute atomic E-state index is 5.13. The first-order chi connectivity index (χ1) is 24.8. The normalized spacial score (nSPS) is 11.6. The van der Waals surface area contributed by atoms with Gasteiger partial charge in [0.15, 0.2) is 11.6 Å². The number of aromatic nitrogens is 6. The molecule has 0 unspecified atom stereocenters. The number of hydrogen-bond acceptors (Lipinski definition) is 4. The average Bonchev–Trinajstić information content (AvgIpc) is 3.71. The quantitative estimate of drug-likeness (QED) is 0.188. The number of hydrogen-bond donors (Lipinski definition) is 0. The minimum atomic E-state index is 0.568. The number of nitrogens with zero attached hydrogens (tertiary/aromatic N) is 6. The summed E-state index contributed by atoms with van der Waals surface area (Å²) >= 11 is 0. The van der Waals surface area contributed by atoms with Crippen LogP contribution in [0.2, 0.25) is 0 Å². The Hall–Kier alpha value is -6.92. The number of fused-ring (bicyclic) bond motifs is 6. The molecule has 0 amide bonds. The molecule has 0 fully saturated rings. The van der Waals surface area contributed by atoms with Gasteiger partial charge in [0.1, 0.15) is 0 Å².